The number of hydrogen-bond donors (Lipinski definition) is 3. The zero-order chi connectivity index (χ0) is 18.0. The number of nitrogens with one attached hydrogen (secondary N) is 2. The Morgan fingerprint density at radius 2 is 2.08 bits per heavy atom. The molecule has 0 atom stereocenters. The van der Waals surface area contributed by atoms with Gasteiger partial charge in [0.25, 0.3) is 5.91 Å². The van der Waals surface area contributed by atoms with Crippen molar-refractivity contribution < 1.29 is 19.5 Å². The van der Waals surface area contributed by atoms with Gasteiger partial charge in [-0.15, -0.1) is 0 Å². The molecule has 1 aliphatic carbocycles. The molecule has 1 heterocycles. The van der Waals surface area contributed by atoms with Gasteiger partial charge in [0.2, 0.25) is 5.91 Å². The molecule has 25 heavy (non-hydrogen) atoms. The summed E-state index contributed by atoms with van der Waals surface area (Å²) in [4.78, 5) is 36.6. The largest absolute Gasteiger partial charge is 0.480 e. The number of anilines is 1. The Kier molecular flexibility index (Phi) is 5.03. The van der Waals surface area contributed by atoms with Gasteiger partial charge in [0.05, 0.1) is 6.54 Å². The summed E-state index contributed by atoms with van der Waals surface area (Å²) < 4.78 is 0. The van der Waals surface area contributed by atoms with Crippen molar-refractivity contribution in [2.45, 2.75) is 44.7 Å². The van der Waals surface area contributed by atoms with Crippen LogP contribution in [0, 0.1) is 0 Å². The van der Waals surface area contributed by atoms with Crippen molar-refractivity contribution in [1.29, 1.82) is 0 Å². The summed E-state index contributed by atoms with van der Waals surface area (Å²) >= 11 is 0. The van der Waals surface area contributed by atoms with Crippen LogP contribution in [0.2, 0.25) is 0 Å². The van der Waals surface area contributed by atoms with E-state index >= 15 is 0 Å². The van der Waals surface area contributed by atoms with E-state index in [1.54, 1.807) is 12.1 Å². The van der Waals surface area contributed by atoms with Crippen molar-refractivity contribution in [2.24, 2.45) is 0 Å². The summed E-state index contributed by atoms with van der Waals surface area (Å²) in [6.07, 6.45) is 2.63. The summed E-state index contributed by atoms with van der Waals surface area (Å²) in [6, 6.07) is 5.62. The number of carboxylic acids is 1. The van der Waals surface area contributed by atoms with Crippen LogP contribution in [0.5, 0.6) is 0 Å². The molecular formula is C18H23N3O4. The first-order chi connectivity index (χ1) is 12.0. The quantitative estimate of drug-likeness (QED) is 0.720. The second kappa shape index (κ2) is 7.23. The molecule has 1 fully saturated rings. The topological polar surface area (TPSA) is 98.7 Å². The molecule has 0 unspecified atom stereocenters. The highest BCUT2D eigenvalue weighted by Gasteiger charge is 2.34. The van der Waals surface area contributed by atoms with E-state index in [1.807, 2.05) is 17.9 Å². The van der Waals surface area contributed by atoms with Crippen molar-refractivity contribution in [3.8, 4) is 0 Å². The Morgan fingerprint density at radius 3 is 2.76 bits per heavy atom. The summed E-state index contributed by atoms with van der Waals surface area (Å²) in [6.45, 7) is 2.67. The molecular weight excluding hydrogens is 322 g/mol. The van der Waals surface area contributed by atoms with Crippen LogP contribution in [0.25, 0.3) is 0 Å². The lowest BCUT2D eigenvalue weighted by molar-refractivity contribution is -0.139. The van der Waals surface area contributed by atoms with Crippen molar-refractivity contribution in [3.05, 3.63) is 29.3 Å². The molecule has 0 aromatic heterocycles. The van der Waals surface area contributed by atoms with Crippen LogP contribution in [-0.2, 0) is 16.0 Å². The van der Waals surface area contributed by atoms with Crippen LogP contribution in [0.4, 0.5) is 5.69 Å². The van der Waals surface area contributed by atoms with Gasteiger partial charge >= 0.3 is 5.97 Å². The first kappa shape index (κ1) is 17.4. The molecule has 1 saturated carbocycles. The van der Waals surface area contributed by atoms with Gasteiger partial charge in [0.15, 0.2) is 0 Å². The highest BCUT2D eigenvalue weighted by Crippen LogP contribution is 2.27. The summed E-state index contributed by atoms with van der Waals surface area (Å²) in [5, 5.41) is 14.7. The van der Waals surface area contributed by atoms with Crippen LogP contribution in [0.1, 0.15) is 42.1 Å². The molecule has 1 aliphatic heterocycles. The Hall–Kier alpha value is -2.41. The first-order valence-electron chi connectivity index (χ1n) is 8.65. The number of aryl methyl sites for hydroxylation is 1. The maximum atomic E-state index is 12.4. The maximum Gasteiger partial charge on any atom is 0.317 e. The van der Waals surface area contributed by atoms with E-state index in [0.29, 0.717) is 24.9 Å². The number of fused-ring (bicyclic) bond motifs is 1. The molecule has 0 spiro atoms. The molecule has 7 heteroatoms. The highest BCUT2D eigenvalue weighted by molar-refractivity contribution is 5.98. The number of carboxylic acid groups (broad SMARTS) is 1. The molecule has 3 rings (SSSR count). The molecule has 3 N–H and O–H groups in total. The van der Waals surface area contributed by atoms with Gasteiger partial charge in [-0.05, 0) is 49.6 Å². The van der Waals surface area contributed by atoms with Gasteiger partial charge < -0.3 is 15.7 Å². The predicted octanol–water partition coefficient (Wildman–Crippen LogP) is 1.24. The van der Waals surface area contributed by atoms with Gasteiger partial charge in [0, 0.05) is 29.8 Å². The van der Waals surface area contributed by atoms with Crippen LogP contribution in [0.3, 0.4) is 0 Å². The lowest BCUT2D eigenvalue weighted by Gasteiger charge is -2.42. The minimum absolute atomic E-state index is 0.00653. The van der Waals surface area contributed by atoms with Crippen molar-refractivity contribution in [3.63, 3.8) is 0 Å². The Labute approximate surface area is 146 Å². The minimum Gasteiger partial charge on any atom is -0.480 e. The molecule has 2 amide bonds. The van der Waals surface area contributed by atoms with E-state index in [1.165, 1.54) is 0 Å². The highest BCUT2D eigenvalue weighted by atomic mass is 16.4. The Bertz CT molecular complexity index is 698. The second-order valence-electron chi connectivity index (χ2n) is 6.67. The number of nitrogens with zero attached hydrogens (tertiary/aromatic N) is 1. The molecule has 0 radical (unpaired) electrons. The van der Waals surface area contributed by atoms with Crippen molar-refractivity contribution in [2.75, 3.05) is 18.4 Å². The molecule has 1 aromatic carbocycles. The standard InChI is InChI=1S/C18H23N3O4/c1-2-21(10-17(23)24)14-8-13(9-14)19-18(25)12-3-5-15-11(7-12)4-6-16(22)20-15/h3,5,7,13-14H,2,4,6,8-10H2,1H3,(H,19,25)(H,20,22)(H,23,24). The minimum atomic E-state index is -0.824. The van der Waals surface area contributed by atoms with Crippen LogP contribution in [0.15, 0.2) is 18.2 Å². The molecule has 0 saturated heterocycles. The van der Waals surface area contributed by atoms with Gasteiger partial charge in [-0.1, -0.05) is 6.92 Å². The van der Waals surface area contributed by atoms with Gasteiger partial charge in [-0.2, -0.15) is 0 Å². The van der Waals surface area contributed by atoms with Crippen molar-refractivity contribution in [1.82, 2.24) is 10.2 Å². The Morgan fingerprint density at radius 1 is 1.32 bits per heavy atom. The predicted molar refractivity (Wildman–Crippen MR) is 92.6 cm³/mol. The monoisotopic (exact) mass is 345 g/mol. The summed E-state index contributed by atoms with van der Waals surface area (Å²) in [5.74, 6) is -0.938. The summed E-state index contributed by atoms with van der Waals surface area (Å²) in [5.41, 5.74) is 2.36. The molecule has 2 aliphatic rings. The molecule has 134 valence electrons. The normalized spacial score (nSPS) is 21.9. The van der Waals surface area contributed by atoms with E-state index < -0.39 is 5.97 Å². The lowest BCUT2D eigenvalue weighted by atomic mass is 9.85. The average molecular weight is 345 g/mol. The number of hydrogen-bond acceptors (Lipinski definition) is 4. The number of benzene rings is 1. The molecule has 1 aromatic rings. The lowest BCUT2D eigenvalue weighted by Crippen LogP contribution is -2.54. The zero-order valence-corrected chi connectivity index (χ0v) is 14.2. The van der Waals surface area contributed by atoms with Crippen LogP contribution < -0.4 is 10.6 Å². The average Bonchev–Trinajstić information content (AvgIpc) is 2.55. The fourth-order valence-electron chi connectivity index (χ4n) is 3.47. The molecule has 7 nitrogen and oxygen atoms in total. The first-order valence-corrected chi connectivity index (χ1v) is 8.65. The third-order valence-corrected chi connectivity index (χ3v) is 4.97. The third-order valence-electron chi connectivity index (χ3n) is 4.97. The zero-order valence-electron chi connectivity index (χ0n) is 14.2. The van der Waals surface area contributed by atoms with Gasteiger partial charge in [-0.25, -0.2) is 0 Å². The van der Waals surface area contributed by atoms with Gasteiger partial charge in [0.1, 0.15) is 0 Å². The third kappa shape index (κ3) is 3.99. The van der Waals surface area contributed by atoms with Crippen LogP contribution >= 0.6 is 0 Å². The molecule has 0 bridgehead atoms. The number of rotatable bonds is 6. The van der Waals surface area contributed by atoms with E-state index in [0.717, 1.165) is 24.1 Å². The fraction of sp³-hybridized carbons (Fsp3) is 0.500. The number of likely N-dealkylation sites (N-methyl/N-ethyl adjacent to an activating group) is 1. The summed E-state index contributed by atoms with van der Waals surface area (Å²) in [7, 11) is 0. The van der Waals surface area contributed by atoms with E-state index in [4.69, 9.17) is 5.11 Å². The smallest absolute Gasteiger partial charge is 0.317 e. The van der Waals surface area contributed by atoms with Crippen LogP contribution in [-0.4, -0.2) is 53.0 Å². The fourth-order valence-corrected chi connectivity index (χ4v) is 3.47. The number of carbonyl (C=O) groups is 3. The number of amides is 2. The van der Waals surface area contributed by atoms with Gasteiger partial charge in [-0.3, -0.25) is 19.3 Å². The number of aliphatic carboxylic acids is 1. The van der Waals surface area contributed by atoms with E-state index in [9.17, 15) is 14.4 Å². The second-order valence-corrected chi connectivity index (χ2v) is 6.67. The van der Waals surface area contributed by atoms with E-state index in [-0.39, 0.29) is 30.4 Å². The van der Waals surface area contributed by atoms with E-state index in [2.05, 4.69) is 10.6 Å². The maximum absolute atomic E-state index is 12.4. The Balaban J connectivity index is 1.54. The van der Waals surface area contributed by atoms with Crippen molar-refractivity contribution >= 4 is 23.5 Å². The number of carbonyl (C=O) groups excluding carboxylic acids is 2. The SMILES string of the molecule is CCN(CC(=O)O)C1CC(NC(=O)c2ccc3c(c2)CCC(=O)N3)C1.